The third-order valence-electron chi connectivity index (χ3n) is 8.31. The average molecular weight is 474 g/mol. The minimum atomic E-state index is 0.302. The van der Waals surface area contributed by atoms with Crippen LogP contribution in [0, 0.1) is 23.2 Å². The number of benzene rings is 2. The second-order valence-electron chi connectivity index (χ2n) is 10.3. The van der Waals surface area contributed by atoms with Crippen molar-refractivity contribution in [2.75, 3.05) is 7.11 Å². The van der Waals surface area contributed by atoms with Crippen molar-refractivity contribution in [1.82, 2.24) is 5.32 Å². The summed E-state index contributed by atoms with van der Waals surface area (Å²) in [5.74, 6) is 4.37. The van der Waals surface area contributed by atoms with Crippen LogP contribution in [0.1, 0.15) is 56.6 Å². The van der Waals surface area contributed by atoms with E-state index < -0.39 is 0 Å². The van der Waals surface area contributed by atoms with Gasteiger partial charge in [0.1, 0.15) is 6.61 Å². The quantitative estimate of drug-likeness (QED) is 0.436. The van der Waals surface area contributed by atoms with Crippen molar-refractivity contribution in [3.63, 3.8) is 0 Å². The largest absolute Gasteiger partial charge is 0.493 e. The van der Waals surface area contributed by atoms with Crippen molar-refractivity contribution in [2.45, 2.75) is 64.6 Å². The molecule has 0 amide bonds. The summed E-state index contributed by atoms with van der Waals surface area (Å²) < 4.78 is 11.9. The molecule has 2 aromatic rings. The Labute approximate surface area is 201 Å². The van der Waals surface area contributed by atoms with Gasteiger partial charge in [0.05, 0.1) is 7.11 Å². The number of nitrogens with one attached hydrogen (secondary N) is 1. The molecular weight excluding hydrogens is 441 g/mol. The Hall–Kier alpha value is -1.42. The van der Waals surface area contributed by atoms with Gasteiger partial charge < -0.3 is 14.8 Å². The van der Waals surface area contributed by atoms with Gasteiger partial charge in [0.2, 0.25) is 0 Å². The maximum atomic E-state index is 6.35. The molecule has 4 saturated carbocycles. The van der Waals surface area contributed by atoms with Gasteiger partial charge in [0.15, 0.2) is 11.5 Å². The maximum Gasteiger partial charge on any atom is 0.166 e. The molecule has 1 unspecified atom stereocenters. The van der Waals surface area contributed by atoms with Gasteiger partial charge in [-0.2, -0.15) is 0 Å². The summed E-state index contributed by atoms with van der Waals surface area (Å²) in [5.41, 5.74) is 2.37. The molecule has 0 aliphatic heterocycles. The first-order valence-corrected chi connectivity index (χ1v) is 12.7. The molecule has 4 fully saturated rings. The van der Waals surface area contributed by atoms with Crippen molar-refractivity contribution in [2.24, 2.45) is 23.2 Å². The lowest BCUT2D eigenvalue weighted by Gasteiger charge is -2.59. The third kappa shape index (κ3) is 4.24. The monoisotopic (exact) mass is 473 g/mol. The number of methoxy groups -OCH3 is 1. The molecule has 6 rings (SSSR count). The molecule has 4 aliphatic rings. The van der Waals surface area contributed by atoms with Crippen molar-refractivity contribution in [3.8, 4) is 11.5 Å². The summed E-state index contributed by atoms with van der Waals surface area (Å²) in [6.45, 7) is 3.46. The molecule has 2 aromatic carbocycles. The highest BCUT2D eigenvalue weighted by Crippen LogP contribution is 2.61. The van der Waals surface area contributed by atoms with Crippen LogP contribution in [0.3, 0.4) is 0 Å². The molecule has 1 N–H and O–H groups in total. The number of ether oxygens (including phenoxy) is 2. The highest BCUT2D eigenvalue weighted by molar-refractivity contribution is 6.35. The summed E-state index contributed by atoms with van der Waals surface area (Å²) in [4.78, 5) is 0. The fourth-order valence-corrected chi connectivity index (χ4v) is 7.53. The number of hydrogen-bond acceptors (Lipinski definition) is 3. The summed E-state index contributed by atoms with van der Waals surface area (Å²) in [6, 6.07) is 12.1. The topological polar surface area (TPSA) is 30.5 Å². The summed E-state index contributed by atoms with van der Waals surface area (Å²) >= 11 is 12.7. The van der Waals surface area contributed by atoms with Crippen molar-refractivity contribution < 1.29 is 9.47 Å². The van der Waals surface area contributed by atoms with Crippen molar-refractivity contribution in [3.05, 3.63) is 57.6 Å². The van der Waals surface area contributed by atoms with Crippen LogP contribution in [0.25, 0.3) is 0 Å². The van der Waals surface area contributed by atoms with Crippen molar-refractivity contribution in [1.29, 1.82) is 0 Å². The molecular formula is C27H33Cl2NO2. The van der Waals surface area contributed by atoms with Gasteiger partial charge in [-0.15, -0.1) is 0 Å². The van der Waals surface area contributed by atoms with Crippen LogP contribution in [-0.2, 0) is 13.2 Å². The molecule has 0 spiro atoms. The second-order valence-corrected chi connectivity index (χ2v) is 11.1. The Morgan fingerprint density at radius 3 is 2.16 bits per heavy atom. The molecule has 172 valence electrons. The van der Waals surface area contributed by atoms with E-state index in [0.29, 0.717) is 28.1 Å². The first-order valence-electron chi connectivity index (χ1n) is 11.9. The number of para-hydroxylation sites is 1. The molecule has 4 aliphatic carbocycles. The zero-order valence-electron chi connectivity index (χ0n) is 19.0. The standard InChI is InChI=1S/C27H33Cl2NO2/c1-17(27-12-18-9-19(13-27)11-20(10-18)14-27)30-15-21-5-3-8-25(31-2)26(21)32-16-22-23(28)6-4-7-24(22)29/h3-8,17-20,30H,9-16H2,1-2H3. The molecule has 0 saturated heterocycles. The van der Waals surface area contributed by atoms with Crippen LogP contribution in [0.5, 0.6) is 11.5 Å². The molecule has 4 bridgehead atoms. The van der Waals surface area contributed by atoms with Gasteiger partial charge in [-0.3, -0.25) is 0 Å². The lowest BCUT2D eigenvalue weighted by Crippen LogP contribution is -2.54. The number of rotatable bonds is 8. The SMILES string of the molecule is COc1cccc(CNC(C)C23CC4CC(CC(C4)C2)C3)c1OCc1c(Cl)cccc1Cl. The predicted octanol–water partition coefficient (Wildman–Crippen LogP) is 7.28. The summed E-state index contributed by atoms with van der Waals surface area (Å²) in [6.07, 6.45) is 8.64. The predicted molar refractivity (Wildman–Crippen MR) is 131 cm³/mol. The van der Waals surface area contributed by atoms with Crippen LogP contribution < -0.4 is 14.8 Å². The molecule has 1 atom stereocenters. The molecule has 0 heterocycles. The van der Waals surface area contributed by atoms with Crippen LogP contribution in [0.2, 0.25) is 10.0 Å². The Bertz CT molecular complexity index is 921. The van der Waals surface area contributed by atoms with E-state index in [0.717, 1.165) is 46.9 Å². The van der Waals surface area contributed by atoms with E-state index in [2.05, 4.69) is 18.3 Å². The fraction of sp³-hybridized carbons (Fsp3) is 0.556. The lowest BCUT2D eigenvalue weighted by atomic mass is 9.48. The van der Waals surface area contributed by atoms with E-state index in [4.69, 9.17) is 32.7 Å². The Morgan fingerprint density at radius 1 is 0.969 bits per heavy atom. The third-order valence-corrected chi connectivity index (χ3v) is 9.01. The zero-order valence-corrected chi connectivity index (χ0v) is 20.5. The van der Waals surface area contributed by atoms with Crippen LogP contribution >= 0.6 is 23.2 Å². The van der Waals surface area contributed by atoms with E-state index in [1.165, 1.54) is 38.5 Å². The van der Waals surface area contributed by atoms with Crippen LogP contribution in [-0.4, -0.2) is 13.2 Å². The number of halogens is 2. The van der Waals surface area contributed by atoms with Crippen LogP contribution in [0.4, 0.5) is 0 Å². The molecule has 32 heavy (non-hydrogen) atoms. The Balaban J connectivity index is 1.31. The van der Waals surface area contributed by atoms with Gasteiger partial charge in [-0.05, 0) is 86.8 Å². The zero-order chi connectivity index (χ0) is 22.3. The second kappa shape index (κ2) is 9.08. The highest BCUT2D eigenvalue weighted by atomic mass is 35.5. The smallest absolute Gasteiger partial charge is 0.166 e. The minimum absolute atomic E-state index is 0.302. The maximum absolute atomic E-state index is 6.35. The van der Waals surface area contributed by atoms with Gasteiger partial charge in [-0.1, -0.05) is 41.4 Å². The Morgan fingerprint density at radius 2 is 1.56 bits per heavy atom. The van der Waals surface area contributed by atoms with E-state index in [1.807, 2.05) is 30.3 Å². The van der Waals surface area contributed by atoms with E-state index >= 15 is 0 Å². The normalized spacial score (nSPS) is 29.2. The molecule has 5 heteroatoms. The van der Waals surface area contributed by atoms with E-state index in [-0.39, 0.29) is 0 Å². The molecule has 0 aromatic heterocycles. The lowest BCUT2D eigenvalue weighted by molar-refractivity contribution is -0.0706. The van der Waals surface area contributed by atoms with Gasteiger partial charge in [0.25, 0.3) is 0 Å². The van der Waals surface area contributed by atoms with Crippen molar-refractivity contribution >= 4 is 23.2 Å². The highest BCUT2D eigenvalue weighted by Gasteiger charge is 2.52. The molecule has 3 nitrogen and oxygen atoms in total. The first kappa shape index (κ1) is 22.4. The van der Waals surface area contributed by atoms with Gasteiger partial charge in [-0.25, -0.2) is 0 Å². The Kier molecular flexibility index (Phi) is 6.35. The summed E-state index contributed by atoms with van der Waals surface area (Å²) in [5, 5.41) is 5.11. The van der Waals surface area contributed by atoms with E-state index in [1.54, 1.807) is 7.11 Å². The fourth-order valence-electron chi connectivity index (χ4n) is 7.03. The van der Waals surface area contributed by atoms with Crippen LogP contribution in [0.15, 0.2) is 36.4 Å². The van der Waals surface area contributed by atoms with E-state index in [9.17, 15) is 0 Å². The first-order chi connectivity index (χ1) is 15.5. The summed E-state index contributed by atoms with van der Waals surface area (Å²) in [7, 11) is 1.68. The van der Waals surface area contributed by atoms with Gasteiger partial charge >= 0.3 is 0 Å². The van der Waals surface area contributed by atoms with Gasteiger partial charge in [0, 0.05) is 33.8 Å². The average Bonchev–Trinajstić information content (AvgIpc) is 2.76. The minimum Gasteiger partial charge on any atom is -0.493 e. The number of hydrogen-bond donors (Lipinski definition) is 1. The molecule has 0 radical (unpaired) electrons.